The molecule has 0 aromatic heterocycles. The van der Waals surface area contributed by atoms with Gasteiger partial charge < -0.3 is 30.1 Å². The van der Waals surface area contributed by atoms with E-state index in [0.717, 1.165) is 55.1 Å². The molecule has 0 saturated carbocycles. The molecule has 0 radical (unpaired) electrons. The first kappa shape index (κ1) is 30.4. The molecule has 2 aliphatic heterocycles. The van der Waals surface area contributed by atoms with Crippen LogP contribution in [0.25, 0.3) is 0 Å². The van der Waals surface area contributed by atoms with Crippen molar-refractivity contribution in [2.24, 2.45) is 5.92 Å². The molecule has 2 aliphatic rings. The third-order valence-electron chi connectivity index (χ3n) is 8.11. The number of ether oxygens (including phenoxy) is 2. The normalized spacial score (nSPS) is 22.6. The Morgan fingerprint density at radius 3 is 2.37 bits per heavy atom. The van der Waals surface area contributed by atoms with E-state index in [0.29, 0.717) is 12.2 Å². The van der Waals surface area contributed by atoms with E-state index in [1.165, 1.54) is 0 Å². The highest BCUT2D eigenvalue weighted by molar-refractivity contribution is 5.89. The molecule has 2 amide bonds. The summed E-state index contributed by atoms with van der Waals surface area (Å²) >= 11 is 0. The maximum atomic E-state index is 12.1. The zero-order valence-electron chi connectivity index (χ0n) is 24.5. The average molecular weight is 590 g/mol. The maximum Gasteiger partial charge on any atom is 0.319 e. The molecule has 5 rings (SSSR count). The number of nitro groups is 1. The van der Waals surface area contributed by atoms with E-state index < -0.39 is 6.29 Å². The van der Waals surface area contributed by atoms with E-state index in [-0.39, 0.29) is 41.4 Å². The van der Waals surface area contributed by atoms with Gasteiger partial charge in [0.25, 0.3) is 5.69 Å². The van der Waals surface area contributed by atoms with Crippen LogP contribution in [0.15, 0.2) is 72.8 Å². The van der Waals surface area contributed by atoms with E-state index in [1.807, 2.05) is 67.6 Å². The molecule has 11 heteroatoms. The van der Waals surface area contributed by atoms with Crippen molar-refractivity contribution in [3.05, 3.63) is 99.6 Å². The van der Waals surface area contributed by atoms with Crippen molar-refractivity contribution >= 4 is 23.1 Å². The number of urea groups is 1. The number of aliphatic hydroxyl groups excluding tert-OH is 1. The van der Waals surface area contributed by atoms with Gasteiger partial charge in [0.15, 0.2) is 6.29 Å². The average Bonchev–Trinajstić information content (AvgIpc) is 3.03. The summed E-state index contributed by atoms with van der Waals surface area (Å²) in [5.74, 6) is 0.0422. The number of nitro benzene ring substituents is 1. The highest BCUT2D eigenvalue weighted by Crippen LogP contribution is 2.42. The summed E-state index contributed by atoms with van der Waals surface area (Å²) < 4.78 is 13.2. The number of amides is 2. The van der Waals surface area contributed by atoms with Gasteiger partial charge >= 0.3 is 6.03 Å². The lowest BCUT2D eigenvalue weighted by molar-refractivity contribution is -0.384. The molecule has 43 heavy (non-hydrogen) atoms. The van der Waals surface area contributed by atoms with Gasteiger partial charge in [-0.15, -0.1) is 0 Å². The first-order valence-electron chi connectivity index (χ1n) is 14.7. The Bertz CT molecular complexity index is 1380. The van der Waals surface area contributed by atoms with Gasteiger partial charge in [-0.3, -0.25) is 15.0 Å². The fourth-order valence-corrected chi connectivity index (χ4v) is 5.66. The zero-order valence-corrected chi connectivity index (χ0v) is 24.5. The molecule has 0 unspecified atom stereocenters. The van der Waals surface area contributed by atoms with E-state index >= 15 is 0 Å². The standard InChI is InChI=1S/C32H39N5O6/c1-3-33-32(39)34-26-6-4-5-25(19-26)31-42-29(22(2)30(43-31)24-9-7-23(21-38)8-10-24)20-35-15-17-36(18-16-35)27-11-13-28(14-12-27)37(40)41/h4-14,19,22,29-31,38H,3,15-18,20-21H2,1-2H3,(H2,33,34,39)/t22-,29+,30+,31+/m0/s1. The third-order valence-corrected chi connectivity index (χ3v) is 8.11. The van der Waals surface area contributed by atoms with Gasteiger partial charge in [-0.25, -0.2) is 4.79 Å². The predicted octanol–water partition coefficient (Wildman–Crippen LogP) is 4.84. The number of non-ortho nitro benzene ring substituents is 1. The van der Waals surface area contributed by atoms with Crippen molar-refractivity contribution in [3.8, 4) is 0 Å². The molecule has 11 nitrogen and oxygen atoms in total. The Balaban J connectivity index is 1.31. The number of benzene rings is 3. The second kappa shape index (κ2) is 14.0. The number of anilines is 2. The van der Waals surface area contributed by atoms with Crippen molar-refractivity contribution in [1.82, 2.24) is 10.2 Å². The summed E-state index contributed by atoms with van der Waals surface area (Å²) in [5.41, 5.74) is 4.39. The van der Waals surface area contributed by atoms with Crippen molar-refractivity contribution in [3.63, 3.8) is 0 Å². The second-order valence-electron chi connectivity index (χ2n) is 11.0. The van der Waals surface area contributed by atoms with Gasteiger partial charge in [-0.2, -0.15) is 0 Å². The Morgan fingerprint density at radius 2 is 1.72 bits per heavy atom. The lowest BCUT2D eigenvalue weighted by atomic mass is 9.90. The molecular weight excluding hydrogens is 550 g/mol. The number of piperazine rings is 1. The molecule has 2 saturated heterocycles. The quantitative estimate of drug-likeness (QED) is 0.239. The number of carbonyl (C=O) groups excluding carboxylic acids is 1. The first-order valence-corrected chi connectivity index (χ1v) is 14.7. The molecule has 0 bridgehead atoms. The van der Waals surface area contributed by atoms with E-state index in [2.05, 4.69) is 27.4 Å². The summed E-state index contributed by atoms with van der Waals surface area (Å²) in [6.45, 7) is 8.50. The van der Waals surface area contributed by atoms with Gasteiger partial charge in [-0.1, -0.05) is 43.3 Å². The number of nitrogens with zero attached hydrogens (tertiary/aromatic N) is 3. The van der Waals surface area contributed by atoms with Crippen LogP contribution >= 0.6 is 0 Å². The SMILES string of the molecule is CCNC(=O)Nc1cccc([C@@H]2O[C@H](CN3CCN(c4ccc([N+](=O)[O-])cc4)CC3)[C@H](C)[C@H](c3ccc(CO)cc3)O2)c1. The number of rotatable bonds is 9. The highest BCUT2D eigenvalue weighted by atomic mass is 16.7. The topological polar surface area (TPSA) is 129 Å². The molecule has 3 aromatic carbocycles. The largest absolute Gasteiger partial charge is 0.392 e. The van der Waals surface area contributed by atoms with Crippen LogP contribution in [-0.2, 0) is 16.1 Å². The van der Waals surface area contributed by atoms with Crippen molar-refractivity contribution in [1.29, 1.82) is 0 Å². The minimum Gasteiger partial charge on any atom is -0.392 e. The predicted molar refractivity (Wildman–Crippen MR) is 164 cm³/mol. The summed E-state index contributed by atoms with van der Waals surface area (Å²) in [5, 5.41) is 26.2. The summed E-state index contributed by atoms with van der Waals surface area (Å²) in [4.78, 5) is 27.4. The molecule has 228 valence electrons. The van der Waals surface area contributed by atoms with E-state index in [1.54, 1.807) is 12.1 Å². The molecule has 0 spiro atoms. The fourth-order valence-electron chi connectivity index (χ4n) is 5.66. The third kappa shape index (κ3) is 7.49. The van der Waals surface area contributed by atoms with Gasteiger partial charge in [0.05, 0.1) is 23.7 Å². The Morgan fingerprint density at radius 1 is 1.00 bits per heavy atom. The van der Waals surface area contributed by atoms with Gasteiger partial charge in [0, 0.05) is 74.3 Å². The van der Waals surface area contributed by atoms with Gasteiger partial charge in [0.2, 0.25) is 0 Å². The number of carbonyl (C=O) groups is 1. The van der Waals surface area contributed by atoms with Gasteiger partial charge in [-0.05, 0) is 42.3 Å². The molecule has 3 aromatic rings. The number of hydrogen-bond donors (Lipinski definition) is 3. The van der Waals surface area contributed by atoms with Crippen molar-refractivity contribution in [2.75, 3.05) is 49.5 Å². The zero-order chi connectivity index (χ0) is 30.3. The lowest BCUT2D eigenvalue weighted by Crippen LogP contribution is -2.51. The minimum absolute atomic E-state index is 0.0209. The summed E-state index contributed by atoms with van der Waals surface area (Å²) in [7, 11) is 0. The fraction of sp³-hybridized carbons (Fsp3) is 0.406. The van der Waals surface area contributed by atoms with Gasteiger partial charge in [0.1, 0.15) is 0 Å². The number of nitrogens with one attached hydrogen (secondary N) is 2. The number of aliphatic hydroxyl groups is 1. The first-order chi connectivity index (χ1) is 20.8. The monoisotopic (exact) mass is 589 g/mol. The Kier molecular flexibility index (Phi) is 9.88. The van der Waals surface area contributed by atoms with E-state index in [4.69, 9.17) is 9.47 Å². The summed E-state index contributed by atoms with van der Waals surface area (Å²) in [6.07, 6.45) is -1.01. The van der Waals surface area contributed by atoms with Crippen LogP contribution in [0.3, 0.4) is 0 Å². The maximum absolute atomic E-state index is 12.1. The minimum atomic E-state index is -0.638. The van der Waals surface area contributed by atoms with Crippen molar-refractivity contribution < 1.29 is 24.3 Å². The molecule has 2 heterocycles. The van der Waals surface area contributed by atoms with E-state index in [9.17, 15) is 20.0 Å². The van der Waals surface area contributed by atoms with Crippen LogP contribution in [0, 0.1) is 16.0 Å². The lowest BCUT2D eigenvalue weighted by Gasteiger charge is -2.44. The van der Waals surface area contributed by atoms with Crippen LogP contribution in [0.2, 0.25) is 0 Å². The van der Waals surface area contributed by atoms with Crippen LogP contribution < -0.4 is 15.5 Å². The molecule has 4 atom stereocenters. The molecule has 0 aliphatic carbocycles. The smallest absolute Gasteiger partial charge is 0.319 e. The molecular formula is C32H39N5O6. The highest BCUT2D eigenvalue weighted by Gasteiger charge is 2.39. The van der Waals surface area contributed by atoms with Crippen LogP contribution in [0.4, 0.5) is 21.9 Å². The Labute approximate surface area is 251 Å². The molecule has 2 fully saturated rings. The summed E-state index contributed by atoms with van der Waals surface area (Å²) in [6, 6.07) is 21.8. The number of hydrogen-bond acceptors (Lipinski definition) is 8. The Hall–Kier alpha value is -4.03. The van der Waals surface area contributed by atoms with Crippen LogP contribution in [0.5, 0.6) is 0 Å². The van der Waals surface area contributed by atoms with Crippen molar-refractivity contribution in [2.45, 2.75) is 39.0 Å². The van der Waals surface area contributed by atoms with Crippen LogP contribution in [-0.4, -0.2) is 66.3 Å². The van der Waals surface area contributed by atoms with Crippen LogP contribution in [0.1, 0.15) is 42.9 Å². The second-order valence-corrected chi connectivity index (χ2v) is 11.0. The molecule has 3 N–H and O–H groups in total.